The third-order valence-electron chi connectivity index (χ3n) is 3.45. The minimum Gasteiger partial charge on any atom is -0.303 e. The van der Waals surface area contributed by atoms with Crippen molar-refractivity contribution in [3.63, 3.8) is 0 Å². The molecule has 0 bridgehead atoms. The number of thiazole rings is 1. The van der Waals surface area contributed by atoms with E-state index in [9.17, 15) is 0 Å². The molecule has 0 radical (unpaired) electrons. The molecule has 0 atom stereocenters. The van der Waals surface area contributed by atoms with Gasteiger partial charge in [0, 0.05) is 11.4 Å². The van der Waals surface area contributed by atoms with Crippen molar-refractivity contribution in [2.45, 2.75) is 57.9 Å². The summed E-state index contributed by atoms with van der Waals surface area (Å²) >= 11 is 7.49. The van der Waals surface area contributed by atoms with Gasteiger partial charge < -0.3 is 4.90 Å². The quantitative estimate of drug-likeness (QED) is 0.497. The van der Waals surface area contributed by atoms with Crippen molar-refractivity contribution in [2.75, 3.05) is 13.6 Å². The molecule has 2 nitrogen and oxygen atoms in total. The van der Waals surface area contributed by atoms with Crippen LogP contribution in [0.3, 0.4) is 0 Å². The molecule has 0 aliphatic carbocycles. The molecule has 0 unspecified atom stereocenters. The van der Waals surface area contributed by atoms with E-state index in [1.807, 2.05) is 0 Å². The Morgan fingerprint density at radius 2 is 2.06 bits per heavy atom. The Morgan fingerprint density at radius 1 is 1.33 bits per heavy atom. The number of aryl methyl sites for hydroxylation is 1. The standard InChI is InChI=1S/C14H25ClN2S/c1-4-13(5-2)17(3)9-7-6-8-14-16-12(10-15)11-18-14/h11,13H,4-10H2,1-3H3. The predicted molar refractivity (Wildman–Crippen MR) is 81.6 cm³/mol. The normalized spacial score (nSPS) is 11.7. The molecular weight excluding hydrogens is 264 g/mol. The first kappa shape index (κ1) is 15.9. The Balaban J connectivity index is 2.18. The summed E-state index contributed by atoms with van der Waals surface area (Å²) in [6.45, 7) is 5.74. The molecular formula is C14H25ClN2S. The van der Waals surface area contributed by atoms with Crippen LogP contribution < -0.4 is 0 Å². The van der Waals surface area contributed by atoms with Gasteiger partial charge in [-0.25, -0.2) is 4.98 Å². The van der Waals surface area contributed by atoms with Crippen molar-refractivity contribution >= 4 is 22.9 Å². The molecule has 0 spiro atoms. The first-order chi connectivity index (χ1) is 8.71. The molecule has 104 valence electrons. The molecule has 0 aliphatic rings. The Kier molecular flexibility index (Phi) is 7.87. The number of halogens is 1. The first-order valence-corrected chi connectivity index (χ1v) is 8.32. The zero-order valence-electron chi connectivity index (χ0n) is 11.8. The molecule has 0 saturated heterocycles. The molecule has 0 saturated carbocycles. The largest absolute Gasteiger partial charge is 0.303 e. The summed E-state index contributed by atoms with van der Waals surface area (Å²) in [5.74, 6) is 0.536. The number of hydrogen-bond acceptors (Lipinski definition) is 3. The number of unbranched alkanes of at least 4 members (excludes halogenated alkanes) is 1. The van der Waals surface area contributed by atoms with Crippen LogP contribution >= 0.6 is 22.9 Å². The molecule has 1 aromatic rings. The van der Waals surface area contributed by atoms with Crippen molar-refractivity contribution < 1.29 is 0 Å². The van der Waals surface area contributed by atoms with E-state index in [0.717, 1.165) is 18.2 Å². The van der Waals surface area contributed by atoms with Crippen molar-refractivity contribution in [3.8, 4) is 0 Å². The maximum Gasteiger partial charge on any atom is 0.0928 e. The van der Waals surface area contributed by atoms with E-state index < -0.39 is 0 Å². The first-order valence-electron chi connectivity index (χ1n) is 6.90. The van der Waals surface area contributed by atoms with Gasteiger partial charge in [0.05, 0.1) is 16.6 Å². The summed E-state index contributed by atoms with van der Waals surface area (Å²) in [6.07, 6.45) is 6.07. The van der Waals surface area contributed by atoms with Gasteiger partial charge in [-0.05, 0) is 45.7 Å². The number of alkyl halides is 1. The van der Waals surface area contributed by atoms with Crippen molar-refractivity contribution in [1.82, 2.24) is 9.88 Å². The van der Waals surface area contributed by atoms with Crippen molar-refractivity contribution in [3.05, 3.63) is 16.1 Å². The van der Waals surface area contributed by atoms with E-state index in [-0.39, 0.29) is 0 Å². The fourth-order valence-electron chi connectivity index (χ4n) is 2.26. The average Bonchev–Trinajstić information content (AvgIpc) is 2.84. The highest BCUT2D eigenvalue weighted by molar-refractivity contribution is 7.09. The maximum absolute atomic E-state index is 5.75. The van der Waals surface area contributed by atoms with E-state index in [1.54, 1.807) is 11.3 Å². The fraction of sp³-hybridized carbons (Fsp3) is 0.786. The second kappa shape index (κ2) is 8.89. The van der Waals surface area contributed by atoms with Crippen LogP contribution in [-0.2, 0) is 12.3 Å². The van der Waals surface area contributed by atoms with Crippen LogP contribution in [-0.4, -0.2) is 29.5 Å². The molecule has 0 aromatic carbocycles. The molecule has 1 aromatic heterocycles. The van der Waals surface area contributed by atoms with E-state index in [0.29, 0.717) is 5.88 Å². The van der Waals surface area contributed by atoms with Gasteiger partial charge in [-0.3, -0.25) is 0 Å². The summed E-state index contributed by atoms with van der Waals surface area (Å²) in [5.41, 5.74) is 1.02. The van der Waals surface area contributed by atoms with Crippen molar-refractivity contribution in [1.29, 1.82) is 0 Å². The molecule has 4 heteroatoms. The minimum atomic E-state index is 0.536. The van der Waals surface area contributed by atoms with Gasteiger partial charge in [0.2, 0.25) is 0 Å². The summed E-state index contributed by atoms with van der Waals surface area (Å²) in [5, 5.41) is 3.30. The Morgan fingerprint density at radius 3 is 2.61 bits per heavy atom. The van der Waals surface area contributed by atoms with Crippen LogP contribution in [0, 0.1) is 0 Å². The topological polar surface area (TPSA) is 16.1 Å². The summed E-state index contributed by atoms with van der Waals surface area (Å²) in [4.78, 5) is 6.98. The van der Waals surface area contributed by atoms with E-state index in [1.165, 1.54) is 37.2 Å². The SMILES string of the molecule is CCC(CC)N(C)CCCCc1nc(CCl)cs1. The Bertz CT molecular complexity index is 323. The third kappa shape index (κ3) is 5.25. The highest BCUT2D eigenvalue weighted by Gasteiger charge is 2.09. The van der Waals surface area contributed by atoms with Gasteiger partial charge >= 0.3 is 0 Å². The summed E-state index contributed by atoms with van der Waals surface area (Å²) < 4.78 is 0. The Labute approximate surface area is 120 Å². The summed E-state index contributed by atoms with van der Waals surface area (Å²) in [7, 11) is 2.24. The van der Waals surface area contributed by atoms with E-state index >= 15 is 0 Å². The second-order valence-corrected chi connectivity index (χ2v) is 5.98. The van der Waals surface area contributed by atoms with Crippen LogP contribution in [0.25, 0.3) is 0 Å². The molecule has 18 heavy (non-hydrogen) atoms. The highest BCUT2D eigenvalue weighted by Crippen LogP contribution is 2.14. The monoisotopic (exact) mass is 288 g/mol. The van der Waals surface area contributed by atoms with E-state index in [2.05, 4.69) is 36.2 Å². The predicted octanol–water partition coefficient (Wildman–Crippen LogP) is 4.33. The molecule has 0 aliphatic heterocycles. The van der Waals surface area contributed by atoms with Gasteiger partial charge in [-0.1, -0.05) is 13.8 Å². The smallest absolute Gasteiger partial charge is 0.0928 e. The van der Waals surface area contributed by atoms with Gasteiger partial charge in [0.15, 0.2) is 0 Å². The molecule has 1 heterocycles. The van der Waals surface area contributed by atoms with Crippen LogP contribution in [0.5, 0.6) is 0 Å². The van der Waals surface area contributed by atoms with Crippen LogP contribution in [0.4, 0.5) is 0 Å². The third-order valence-corrected chi connectivity index (χ3v) is 4.68. The van der Waals surface area contributed by atoms with Crippen molar-refractivity contribution in [2.24, 2.45) is 0 Å². The minimum absolute atomic E-state index is 0.536. The molecule has 1 rings (SSSR count). The lowest BCUT2D eigenvalue weighted by atomic mass is 10.1. The van der Waals surface area contributed by atoms with Gasteiger partial charge in [0.25, 0.3) is 0 Å². The zero-order chi connectivity index (χ0) is 13.4. The molecule has 0 fully saturated rings. The average molecular weight is 289 g/mol. The zero-order valence-corrected chi connectivity index (χ0v) is 13.4. The lowest BCUT2D eigenvalue weighted by Gasteiger charge is -2.25. The number of rotatable bonds is 9. The van der Waals surface area contributed by atoms with Crippen LogP contribution in [0.15, 0.2) is 5.38 Å². The van der Waals surface area contributed by atoms with Gasteiger partial charge in [-0.15, -0.1) is 22.9 Å². The molecule has 0 amide bonds. The lowest BCUT2D eigenvalue weighted by Crippen LogP contribution is -2.31. The lowest BCUT2D eigenvalue weighted by molar-refractivity contribution is 0.226. The second-order valence-electron chi connectivity index (χ2n) is 4.77. The van der Waals surface area contributed by atoms with Gasteiger partial charge in [0.1, 0.15) is 0 Å². The maximum atomic E-state index is 5.75. The highest BCUT2D eigenvalue weighted by atomic mass is 35.5. The fourth-order valence-corrected chi connectivity index (χ4v) is 3.33. The number of nitrogens with zero attached hydrogens (tertiary/aromatic N) is 2. The summed E-state index contributed by atoms with van der Waals surface area (Å²) in [6, 6.07) is 0.743. The Hall–Kier alpha value is -0.120. The van der Waals surface area contributed by atoms with Crippen LogP contribution in [0.1, 0.15) is 50.2 Å². The molecule has 0 N–H and O–H groups in total. The number of hydrogen-bond donors (Lipinski definition) is 0. The van der Waals surface area contributed by atoms with E-state index in [4.69, 9.17) is 11.6 Å². The number of aromatic nitrogens is 1. The van der Waals surface area contributed by atoms with Gasteiger partial charge in [-0.2, -0.15) is 0 Å². The van der Waals surface area contributed by atoms with Crippen LogP contribution in [0.2, 0.25) is 0 Å².